The largest absolute Gasteiger partial charge is 0.319 e. The summed E-state index contributed by atoms with van der Waals surface area (Å²) >= 11 is 3.16. The number of thiazole rings is 1. The van der Waals surface area contributed by atoms with Gasteiger partial charge in [-0.3, -0.25) is 4.79 Å². The van der Waals surface area contributed by atoms with E-state index in [9.17, 15) is 4.79 Å². The van der Waals surface area contributed by atoms with Crippen molar-refractivity contribution in [3.05, 3.63) is 50.5 Å². The van der Waals surface area contributed by atoms with E-state index in [1.165, 1.54) is 15.8 Å². The SMILES string of the molecule is Cc1cc2sc(=NC(=O)Cc3cccs3)n(C)c2cc1C. The highest BCUT2D eigenvalue weighted by molar-refractivity contribution is 7.16. The Kier molecular flexibility index (Phi) is 3.78. The zero-order valence-electron chi connectivity index (χ0n) is 12.2. The number of hydrogen-bond donors (Lipinski definition) is 0. The van der Waals surface area contributed by atoms with E-state index in [-0.39, 0.29) is 5.91 Å². The van der Waals surface area contributed by atoms with Crippen molar-refractivity contribution in [1.82, 2.24) is 4.57 Å². The molecule has 0 N–H and O–H groups in total. The van der Waals surface area contributed by atoms with Crippen LogP contribution in [0.3, 0.4) is 0 Å². The zero-order chi connectivity index (χ0) is 15.0. The summed E-state index contributed by atoms with van der Waals surface area (Å²) in [5, 5.41) is 1.98. The molecule has 0 unspecified atom stereocenters. The summed E-state index contributed by atoms with van der Waals surface area (Å²) in [5.74, 6) is -0.0898. The van der Waals surface area contributed by atoms with Crippen LogP contribution in [0, 0.1) is 13.8 Å². The number of rotatable bonds is 2. The maximum absolute atomic E-state index is 12.1. The third kappa shape index (κ3) is 2.84. The minimum Gasteiger partial charge on any atom is -0.319 e. The molecular formula is C16H16N2OS2. The monoisotopic (exact) mass is 316 g/mol. The quantitative estimate of drug-likeness (QED) is 0.711. The fraction of sp³-hybridized carbons (Fsp3) is 0.250. The van der Waals surface area contributed by atoms with Crippen molar-refractivity contribution in [1.29, 1.82) is 0 Å². The lowest BCUT2D eigenvalue weighted by molar-refractivity contribution is -0.117. The first-order chi connectivity index (χ1) is 10.0. The second kappa shape index (κ2) is 5.58. The van der Waals surface area contributed by atoms with Crippen LogP contribution < -0.4 is 4.80 Å². The van der Waals surface area contributed by atoms with E-state index in [0.717, 1.165) is 15.2 Å². The lowest BCUT2D eigenvalue weighted by Gasteiger charge is -2.00. The van der Waals surface area contributed by atoms with Gasteiger partial charge in [0.15, 0.2) is 4.80 Å². The molecule has 0 aliphatic carbocycles. The summed E-state index contributed by atoms with van der Waals surface area (Å²) in [6.45, 7) is 4.21. The van der Waals surface area contributed by atoms with E-state index in [1.807, 2.05) is 29.1 Å². The highest BCUT2D eigenvalue weighted by Crippen LogP contribution is 2.21. The number of aryl methyl sites for hydroxylation is 3. The van der Waals surface area contributed by atoms with Crippen molar-refractivity contribution in [2.45, 2.75) is 20.3 Å². The first-order valence-corrected chi connectivity index (χ1v) is 8.41. The van der Waals surface area contributed by atoms with E-state index in [4.69, 9.17) is 0 Å². The van der Waals surface area contributed by atoms with Gasteiger partial charge < -0.3 is 4.57 Å². The molecule has 2 aromatic heterocycles. The van der Waals surface area contributed by atoms with Crippen molar-refractivity contribution < 1.29 is 4.79 Å². The Morgan fingerprint density at radius 3 is 2.76 bits per heavy atom. The molecule has 0 bridgehead atoms. The van der Waals surface area contributed by atoms with Crippen LogP contribution in [0.4, 0.5) is 0 Å². The molecule has 0 aliphatic rings. The van der Waals surface area contributed by atoms with Gasteiger partial charge in [-0.25, -0.2) is 0 Å². The summed E-state index contributed by atoms with van der Waals surface area (Å²) in [6, 6.07) is 8.25. The van der Waals surface area contributed by atoms with Crippen molar-refractivity contribution in [3.8, 4) is 0 Å². The molecule has 0 fully saturated rings. The van der Waals surface area contributed by atoms with Crippen molar-refractivity contribution >= 4 is 38.8 Å². The second-order valence-corrected chi connectivity index (χ2v) is 7.15. The number of benzene rings is 1. The molecule has 0 spiro atoms. The predicted molar refractivity (Wildman–Crippen MR) is 88.9 cm³/mol. The standard InChI is InChI=1S/C16H16N2OS2/c1-10-7-13-14(8-11(10)2)21-16(18(13)3)17-15(19)9-12-5-4-6-20-12/h4-8H,9H2,1-3H3. The van der Waals surface area contributed by atoms with E-state index in [1.54, 1.807) is 22.7 Å². The Morgan fingerprint density at radius 2 is 2.05 bits per heavy atom. The number of thiophene rings is 1. The van der Waals surface area contributed by atoms with Gasteiger partial charge in [-0.15, -0.1) is 11.3 Å². The Hall–Kier alpha value is -1.72. The van der Waals surface area contributed by atoms with Gasteiger partial charge in [0.2, 0.25) is 0 Å². The Balaban J connectivity index is 2.02. The molecule has 3 nitrogen and oxygen atoms in total. The summed E-state index contributed by atoms with van der Waals surface area (Å²) < 4.78 is 3.17. The van der Waals surface area contributed by atoms with Crippen LogP contribution in [-0.2, 0) is 18.3 Å². The highest BCUT2D eigenvalue weighted by Gasteiger charge is 2.07. The summed E-state index contributed by atoms with van der Waals surface area (Å²) in [4.78, 5) is 18.2. The van der Waals surface area contributed by atoms with Gasteiger partial charge in [-0.2, -0.15) is 4.99 Å². The van der Waals surface area contributed by atoms with Crippen molar-refractivity contribution in [2.75, 3.05) is 0 Å². The maximum Gasteiger partial charge on any atom is 0.253 e. The van der Waals surface area contributed by atoms with Gasteiger partial charge in [0, 0.05) is 11.9 Å². The molecule has 3 rings (SSSR count). The van der Waals surface area contributed by atoms with Gasteiger partial charge in [0.25, 0.3) is 5.91 Å². The number of nitrogens with zero attached hydrogens (tertiary/aromatic N) is 2. The van der Waals surface area contributed by atoms with E-state index in [0.29, 0.717) is 6.42 Å². The third-order valence-electron chi connectivity index (χ3n) is 3.55. The maximum atomic E-state index is 12.1. The van der Waals surface area contributed by atoms with E-state index >= 15 is 0 Å². The topological polar surface area (TPSA) is 34.4 Å². The smallest absolute Gasteiger partial charge is 0.253 e. The number of hydrogen-bond acceptors (Lipinski definition) is 3. The molecule has 0 radical (unpaired) electrons. The summed E-state index contributed by atoms with van der Waals surface area (Å²) in [6.07, 6.45) is 0.379. The van der Waals surface area contributed by atoms with Crippen LogP contribution in [0.5, 0.6) is 0 Å². The molecule has 0 saturated heterocycles. The van der Waals surface area contributed by atoms with E-state index < -0.39 is 0 Å². The molecule has 108 valence electrons. The van der Waals surface area contributed by atoms with Crippen molar-refractivity contribution in [2.24, 2.45) is 12.0 Å². The van der Waals surface area contributed by atoms with Gasteiger partial charge in [0.1, 0.15) is 0 Å². The lowest BCUT2D eigenvalue weighted by Crippen LogP contribution is -2.14. The molecule has 21 heavy (non-hydrogen) atoms. The van der Waals surface area contributed by atoms with Crippen LogP contribution >= 0.6 is 22.7 Å². The average molecular weight is 316 g/mol. The minimum atomic E-state index is -0.0898. The molecule has 1 amide bonds. The van der Waals surface area contributed by atoms with Crippen LogP contribution in [0.2, 0.25) is 0 Å². The van der Waals surface area contributed by atoms with E-state index in [2.05, 4.69) is 31.0 Å². The average Bonchev–Trinajstić information content (AvgIpc) is 3.02. The third-order valence-corrected chi connectivity index (χ3v) is 5.52. The fourth-order valence-corrected chi connectivity index (χ4v) is 4.01. The Morgan fingerprint density at radius 1 is 1.29 bits per heavy atom. The van der Waals surface area contributed by atoms with Gasteiger partial charge in [0.05, 0.1) is 16.6 Å². The molecular weight excluding hydrogens is 300 g/mol. The zero-order valence-corrected chi connectivity index (χ0v) is 13.8. The number of carbonyl (C=O) groups is 1. The predicted octanol–water partition coefficient (Wildman–Crippen LogP) is 3.59. The number of carbonyl (C=O) groups excluding carboxylic acids is 1. The number of fused-ring (bicyclic) bond motifs is 1. The summed E-state index contributed by atoms with van der Waals surface area (Å²) in [7, 11) is 1.96. The van der Waals surface area contributed by atoms with Gasteiger partial charge in [-0.05, 0) is 48.6 Å². The lowest BCUT2D eigenvalue weighted by atomic mass is 10.1. The van der Waals surface area contributed by atoms with Gasteiger partial charge >= 0.3 is 0 Å². The molecule has 2 heterocycles. The van der Waals surface area contributed by atoms with Crippen LogP contribution in [0.1, 0.15) is 16.0 Å². The number of aromatic nitrogens is 1. The van der Waals surface area contributed by atoms with Crippen LogP contribution in [-0.4, -0.2) is 10.5 Å². The number of amides is 1. The van der Waals surface area contributed by atoms with Gasteiger partial charge in [-0.1, -0.05) is 17.4 Å². The molecule has 0 aliphatic heterocycles. The molecule has 0 atom stereocenters. The van der Waals surface area contributed by atoms with Crippen LogP contribution in [0.15, 0.2) is 34.6 Å². The second-order valence-electron chi connectivity index (χ2n) is 5.11. The van der Waals surface area contributed by atoms with Crippen LogP contribution in [0.25, 0.3) is 10.2 Å². The first-order valence-electron chi connectivity index (χ1n) is 6.71. The normalized spacial score (nSPS) is 12.2. The molecule has 0 saturated carbocycles. The molecule has 3 aromatic rings. The molecule has 1 aromatic carbocycles. The van der Waals surface area contributed by atoms with Crippen molar-refractivity contribution in [3.63, 3.8) is 0 Å². The Bertz CT molecular complexity index is 870. The first kappa shape index (κ1) is 14.2. The minimum absolute atomic E-state index is 0.0898. The Labute approximate surface area is 131 Å². The summed E-state index contributed by atoms with van der Waals surface area (Å²) in [5.41, 5.74) is 3.65. The fourth-order valence-electron chi connectivity index (χ4n) is 2.19. The highest BCUT2D eigenvalue weighted by atomic mass is 32.1. The molecule has 5 heteroatoms.